The largest absolute Gasteiger partial charge is 0.495 e. The van der Waals surface area contributed by atoms with Crippen molar-refractivity contribution in [1.82, 2.24) is 0 Å². The van der Waals surface area contributed by atoms with Crippen molar-refractivity contribution in [2.75, 3.05) is 14.2 Å². The second kappa shape index (κ2) is 5.89. The van der Waals surface area contributed by atoms with Crippen molar-refractivity contribution >= 4 is 22.2 Å². The van der Waals surface area contributed by atoms with Crippen LogP contribution in [0.5, 0.6) is 11.5 Å². The van der Waals surface area contributed by atoms with Gasteiger partial charge in [0.05, 0.1) is 14.2 Å². The molecule has 16 heavy (non-hydrogen) atoms. The molecule has 88 valence electrons. The minimum Gasteiger partial charge on any atom is -0.495 e. The van der Waals surface area contributed by atoms with Crippen LogP contribution in [-0.4, -0.2) is 20.5 Å². The lowest BCUT2D eigenvalue weighted by Gasteiger charge is -2.14. The summed E-state index contributed by atoms with van der Waals surface area (Å²) in [6, 6.07) is 3.78. The summed E-state index contributed by atoms with van der Waals surface area (Å²) < 4.78 is 11.3. The van der Waals surface area contributed by atoms with E-state index in [9.17, 15) is 4.79 Å². The van der Waals surface area contributed by atoms with Crippen LogP contribution in [0.4, 0.5) is 0 Å². The van der Waals surface area contributed by atoms with E-state index >= 15 is 0 Å². The second-order valence-corrected chi connectivity index (χ2v) is 4.38. The molecular weight excluding hydrogens is 272 g/mol. The highest BCUT2D eigenvalue weighted by atomic mass is 79.9. The summed E-state index contributed by atoms with van der Waals surface area (Å²) in [5.74, 6) is 1.43. The molecule has 0 radical (unpaired) electrons. The van der Waals surface area contributed by atoms with Crippen LogP contribution >= 0.6 is 15.9 Å². The quantitative estimate of drug-likeness (QED) is 0.781. The molecule has 1 aromatic rings. The molecule has 0 saturated carbocycles. The standard InChI is InChI=1S/C12H15BrO3/c1-8(7-14)6-9-4-5-10(15-2)11(13)12(9)16-3/h4-5,7-8H,6H2,1-3H3. The molecule has 0 aliphatic carbocycles. The van der Waals surface area contributed by atoms with E-state index in [0.29, 0.717) is 6.42 Å². The zero-order valence-electron chi connectivity index (χ0n) is 9.62. The van der Waals surface area contributed by atoms with Crippen molar-refractivity contribution in [3.63, 3.8) is 0 Å². The molecule has 4 heteroatoms. The Balaban J connectivity index is 3.10. The van der Waals surface area contributed by atoms with Crippen molar-refractivity contribution in [3.8, 4) is 11.5 Å². The lowest BCUT2D eigenvalue weighted by Crippen LogP contribution is -2.03. The number of ether oxygens (including phenoxy) is 2. The molecule has 0 spiro atoms. The van der Waals surface area contributed by atoms with E-state index in [1.165, 1.54) is 0 Å². The van der Waals surface area contributed by atoms with Crippen LogP contribution in [0.1, 0.15) is 12.5 Å². The van der Waals surface area contributed by atoms with Crippen LogP contribution in [0.15, 0.2) is 16.6 Å². The predicted octanol–water partition coefficient (Wildman–Crippen LogP) is 2.84. The molecule has 1 unspecified atom stereocenters. The third kappa shape index (κ3) is 2.76. The van der Waals surface area contributed by atoms with Crippen molar-refractivity contribution in [1.29, 1.82) is 0 Å². The van der Waals surface area contributed by atoms with E-state index in [4.69, 9.17) is 9.47 Å². The van der Waals surface area contributed by atoms with Gasteiger partial charge in [0.25, 0.3) is 0 Å². The van der Waals surface area contributed by atoms with Gasteiger partial charge in [0.1, 0.15) is 22.3 Å². The van der Waals surface area contributed by atoms with Gasteiger partial charge >= 0.3 is 0 Å². The van der Waals surface area contributed by atoms with Crippen molar-refractivity contribution in [2.24, 2.45) is 5.92 Å². The lowest BCUT2D eigenvalue weighted by atomic mass is 10.0. The van der Waals surface area contributed by atoms with Crippen LogP contribution < -0.4 is 9.47 Å². The lowest BCUT2D eigenvalue weighted by molar-refractivity contribution is -0.110. The summed E-state index contributed by atoms with van der Waals surface area (Å²) in [7, 11) is 3.21. The highest BCUT2D eigenvalue weighted by Crippen LogP contribution is 2.37. The molecule has 0 aliphatic heterocycles. The summed E-state index contributed by atoms with van der Waals surface area (Å²) >= 11 is 3.43. The van der Waals surface area contributed by atoms with E-state index in [-0.39, 0.29) is 5.92 Å². The fourth-order valence-electron chi connectivity index (χ4n) is 1.51. The summed E-state index contributed by atoms with van der Waals surface area (Å²) in [6.45, 7) is 1.88. The highest BCUT2D eigenvalue weighted by Gasteiger charge is 2.14. The first kappa shape index (κ1) is 13.0. The first-order valence-corrected chi connectivity index (χ1v) is 5.78. The van der Waals surface area contributed by atoms with E-state index in [1.807, 2.05) is 19.1 Å². The topological polar surface area (TPSA) is 35.5 Å². The SMILES string of the molecule is COc1ccc(CC(C)C=O)c(OC)c1Br. The van der Waals surface area contributed by atoms with Gasteiger partial charge in [0.2, 0.25) is 0 Å². The number of halogens is 1. The first-order valence-electron chi connectivity index (χ1n) is 4.98. The van der Waals surface area contributed by atoms with Crippen LogP contribution in [-0.2, 0) is 11.2 Å². The van der Waals surface area contributed by atoms with Gasteiger partial charge in [-0.2, -0.15) is 0 Å². The molecule has 1 rings (SSSR count). The third-order valence-corrected chi connectivity index (χ3v) is 3.09. The Labute approximate surface area is 104 Å². The zero-order valence-corrected chi connectivity index (χ0v) is 11.2. The summed E-state index contributed by atoms with van der Waals surface area (Å²) in [5.41, 5.74) is 0.995. The predicted molar refractivity (Wildman–Crippen MR) is 66.2 cm³/mol. The van der Waals surface area contributed by atoms with Crippen molar-refractivity contribution in [2.45, 2.75) is 13.3 Å². The van der Waals surface area contributed by atoms with Gasteiger partial charge in [0.15, 0.2) is 0 Å². The highest BCUT2D eigenvalue weighted by molar-refractivity contribution is 9.10. The monoisotopic (exact) mass is 286 g/mol. The molecule has 1 atom stereocenters. The molecule has 0 aliphatic rings. The molecule has 0 N–H and O–H groups in total. The smallest absolute Gasteiger partial charge is 0.140 e. The maximum atomic E-state index is 10.6. The average Bonchev–Trinajstić information content (AvgIpc) is 2.29. The molecular formula is C12H15BrO3. The van der Waals surface area contributed by atoms with Crippen LogP contribution in [0.2, 0.25) is 0 Å². The van der Waals surface area contributed by atoms with Crippen molar-refractivity contribution in [3.05, 3.63) is 22.2 Å². The molecule has 0 saturated heterocycles. The molecule has 0 fully saturated rings. The van der Waals surface area contributed by atoms with E-state index in [1.54, 1.807) is 14.2 Å². The molecule has 0 amide bonds. The minimum atomic E-state index is -0.0193. The Morgan fingerprint density at radius 3 is 2.56 bits per heavy atom. The van der Waals surface area contributed by atoms with Gasteiger partial charge in [-0.25, -0.2) is 0 Å². The van der Waals surface area contributed by atoms with Gasteiger partial charge in [-0.3, -0.25) is 0 Å². The summed E-state index contributed by atoms with van der Waals surface area (Å²) in [4.78, 5) is 10.6. The number of methoxy groups -OCH3 is 2. The Hall–Kier alpha value is -1.03. The number of aldehydes is 1. The summed E-state index contributed by atoms with van der Waals surface area (Å²) in [5, 5.41) is 0. The second-order valence-electron chi connectivity index (χ2n) is 3.59. The number of carbonyl (C=O) groups excluding carboxylic acids is 1. The van der Waals surface area contributed by atoms with Gasteiger partial charge in [-0.15, -0.1) is 0 Å². The minimum absolute atomic E-state index is 0.0193. The fourth-order valence-corrected chi connectivity index (χ4v) is 2.22. The number of hydrogen-bond acceptors (Lipinski definition) is 3. The first-order chi connectivity index (χ1) is 7.63. The van der Waals surface area contributed by atoms with Crippen LogP contribution in [0, 0.1) is 5.92 Å². The normalized spacial score (nSPS) is 12.0. The number of benzene rings is 1. The molecule has 0 heterocycles. The average molecular weight is 287 g/mol. The molecule has 0 aromatic heterocycles. The number of carbonyl (C=O) groups is 1. The van der Waals surface area contributed by atoms with E-state index in [0.717, 1.165) is 27.8 Å². The van der Waals surface area contributed by atoms with E-state index in [2.05, 4.69) is 15.9 Å². The Morgan fingerprint density at radius 1 is 1.38 bits per heavy atom. The van der Waals surface area contributed by atoms with Crippen molar-refractivity contribution < 1.29 is 14.3 Å². The fraction of sp³-hybridized carbons (Fsp3) is 0.417. The van der Waals surface area contributed by atoms with Crippen LogP contribution in [0.3, 0.4) is 0 Å². The van der Waals surface area contributed by atoms with Crippen LogP contribution in [0.25, 0.3) is 0 Å². The number of rotatable bonds is 5. The molecule has 0 bridgehead atoms. The van der Waals surface area contributed by atoms with E-state index < -0.39 is 0 Å². The Bertz CT molecular complexity index is 377. The Kier molecular flexibility index (Phi) is 4.80. The third-order valence-electron chi connectivity index (χ3n) is 2.34. The van der Waals surface area contributed by atoms with Gasteiger partial charge < -0.3 is 14.3 Å². The van der Waals surface area contributed by atoms with Gasteiger partial charge in [-0.05, 0) is 34.0 Å². The summed E-state index contributed by atoms with van der Waals surface area (Å²) in [6.07, 6.45) is 1.60. The zero-order chi connectivity index (χ0) is 12.1. The van der Waals surface area contributed by atoms with Gasteiger partial charge in [0, 0.05) is 5.92 Å². The van der Waals surface area contributed by atoms with Gasteiger partial charge in [-0.1, -0.05) is 13.0 Å². The maximum absolute atomic E-state index is 10.6. The molecule has 3 nitrogen and oxygen atoms in total. The maximum Gasteiger partial charge on any atom is 0.140 e. The number of hydrogen-bond donors (Lipinski definition) is 0. The Morgan fingerprint density at radius 2 is 2.06 bits per heavy atom. The molecule has 1 aromatic carbocycles.